The fourth-order valence-electron chi connectivity index (χ4n) is 2.85. The number of carboxylic acids is 1. The number of carboxylic acid groups (broad SMARTS) is 1. The molecule has 0 saturated heterocycles. The zero-order chi connectivity index (χ0) is 15.2. The summed E-state index contributed by atoms with van der Waals surface area (Å²) in [6, 6.07) is 2.01. The van der Waals surface area contributed by atoms with Gasteiger partial charge in [0.2, 0.25) is 5.91 Å². The summed E-state index contributed by atoms with van der Waals surface area (Å²) in [6.07, 6.45) is 2.66. The number of nitrogens with one attached hydrogen (secondary N) is 1. The Bertz CT molecular complexity index is 475. The summed E-state index contributed by atoms with van der Waals surface area (Å²) >= 11 is 1.62. The van der Waals surface area contributed by atoms with Gasteiger partial charge in [0, 0.05) is 13.6 Å². The number of likely N-dealkylation sites (N-methyl/N-ethyl adjacent to an activating group) is 1. The second-order valence-electron chi connectivity index (χ2n) is 5.65. The smallest absolute Gasteiger partial charge is 0.306 e. The third-order valence-corrected chi connectivity index (χ3v) is 4.82. The summed E-state index contributed by atoms with van der Waals surface area (Å²) < 4.78 is 0. The molecule has 2 unspecified atom stereocenters. The van der Waals surface area contributed by atoms with Crippen molar-refractivity contribution in [1.29, 1.82) is 0 Å². The number of carbonyl (C=O) groups is 2. The minimum atomic E-state index is -0.708. The van der Waals surface area contributed by atoms with Crippen LogP contribution >= 0.6 is 11.3 Å². The number of hydrogen-bond donors (Lipinski definition) is 2. The van der Waals surface area contributed by atoms with Crippen molar-refractivity contribution >= 4 is 23.2 Å². The molecule has 1 heterocycles. The highest BCUT2D eigenvalue weighted by molar-refractivity contribution is 7.07. The summed E-state index contributed by atoms with van der Waals surface area (Å²) in [5.41, 5.74) is 1.14. The van der Waals surface area contributed by atoms with Crippen molar-refractivity contribution in [3.05, 3.63) is 22.4 Å². The standard InChI is InChI=1S/C15H22N2O3S/c1-17(9-11-5-6-21-10-11)14(18)8-16-7-12-3-2-4-13(12)15(19)20/h5-6,10,12-13,16H,2-4,7-9H2,1H3,(H,19,20). The Morgan fingerprint density at radius 3 is 2.95 bits per heavy atom. The molecule has 116 valence electrons. The van der Waals surface area contributed by atoms with Gasteiger partial charge in [0.1, 0.15) is 0 Å². The van der Waals surface area contributed by atoms with Crippen molar-refractivity contribution in [2.24, 2.45) is 11.8 Å². The van der Waals surface area contributed by atoms with Crippen LogP contribution in [0.2, 0.25) is 0 Å². The summed E-state index contributed by atoms with van der Waals surface area (Å²) in [5, 5.41) is 16.3. The minimum Gasteiger partial charge on any atom is -0.481 e. The highest BCUT2D eigenvalue weighted by atomic mass is 32.1. The average molecular weight is 310 g/mol. The molecule has 21 heavy (non-hydrogen) atoms. The first-order valence-corrected chi connectivity index (χ1v) is 8.20. The molecule has 0 bridgehead atoms. The van der Waals surface area contributed by atoms with Gasteiger partial charge in [-0.1, -0.05) is 6.42 Å². The monoisotopic (exact) mass is 310 g/mol. The van der Waals surface area contributed by atoms with E-state index in [1.54, 1.807) is 23.3 Å². The topological polar surface area (TPSA) is 69.6 Å². The SMILES string of the molecule is CN(Cc1ccsc1)C(=O)CNCC1CCCC1C(=O)O. The van der Waals surface area contributed by atoms with E-state index in [-0.39, 0.29) is 24.3 Å². The Morgan fingerprint density at radius 1 is 1.48 bits per heavy atom. The van der Waals surface area contributed by atoms with Crippen molar-refractivity contribution in [2.45, 2.75) is 25.8 Å². The largest absolute Gasteiger partial charge is 0.481 e. The van der Waals surface area contributed by atoms with Crippen LogP contribution in [0.4, 0.5) is 0 Å². The zero-order valence-corrected chi connectivity index (χ0v) is 13.1. The zero-order valence-electron chi connectivity index (χ0n) is 12.2. The molecule has 1 aliphatic carbocycles. The van der Waals surface area contributed by atoms with Gasteiger partial charge in [-0.3, -0.25) is 9.59 Å². The summed E-state index contributed by atoms with van der Waals surface area (Å²) in [6.45, 7) is 1.49. The lowest BCUT2D eigenvalue weighted by Crippen LogP contribution is -2.38. The van der Waals surface area contributed by atoms with Crippen LogP contribution in [-0.4, -0.2) is 42.0 Å². The molecule has 6 heteroatoms. The second-order valence-corrected chi connectivity index (χ2v) is 6.43. The van der Waals surface area contributed by atoms with E-state index < -0.39 is 5.97 Å². The molecule has 0 aliphatic heterocycles. The van der Waals surface area contributed by atoms with Gasteiger partial charge in [-0.15, -0.1) is 0 Å². The third-order valence-electron chi connectivity index (χ3n) is 4.08. The van der Waals surface area contributed by atoms with Crippen LogP contribution in [0, 0.1) is 11.8 Å². The first-order chi connectivity index (χ1) is 10.1. The van der Waals surface area contributed by atoms with Crippen molar-refractivity contribution in [2.75, 3.05) is 20.1 Å². The number of thiophene rings is 1. The molecule has 1 aliphatic rings. The highest BCUT2D eigenvalue weighted by Crippen LogP contribution is 2.31. The number of aliphatic carboxylic acids is 1. The van der Waals surface area contributed by atoms with Crippen molar-refractivity contribution in [3.63, 3.8) is 0 Å². The van der Waals surface area contributed by atoms with E-state index in [9.17, 15) is 9.59 Å². The summed E-state index contributed by atoms with van der Waals surface area (Å²) in [7, 11) is 1.79. The third kappa shape index (κ3) is 4.54. The molecule has 5 nitrogen and oxygen atoms in total. The maximum atomic E-state index is 12.0. The molecule has 1 aromatic heterocycles. The normalized spacial score (nSPS) is 21.4. The maximum absolute atomic E-state index is 12.0. The van der Waals surface area contributed by atoms with E-state index in [0.717, 1.165) is 24.8 Å². The van der Waals surface area contributed by atoms with Gasteiger partial charge in [0.15, 0.2) is 0 Å². The van der Waals surface area contributed by atoms with Crippen molar-refractivity contribution in [3.8, 4) is 0 Å². The van der Waals surface area contributed by atoms with Crippen molar-refractivity contribution < 1.29 is 14.7 Å². The lowest BCUT2D eigenvalue weighted by atomic mass is 9.96. The number of nitrogens with zero attached hydrogens (tertiary/aromatic N) is 1. The number of amides is 1. The predicted molar refractivity (Wildman–Crippen MR) is 82.1 cm³/mol. The lowest BCUT2D eigenvalue weighted by molar-refractivity contribution is -0.142. The lowest BCUT2D eigenvalue weighted by Gasteiger charge is -2.19. The number of hydrogen-bond acceptors (Lipinski definition) is 4. The Labute approximate surface area is 129 Å². The molecule has 0 spiro atoms. The minimum absolute atomic E-state index is 0.0334. The highest BCUT2D eigenvalue weighted by Gasteiger charge is 2.32. The van der Waals surface area contributed by atoms with Crippen LogP contribution in [0.1, 0.15) is 24.8 Å². The van der Waals surface area contributed by atoms with Crippen LogP contribution < -0.4 is 5.32 Å². The van der Waals surface area contributed by atoms with E-state index in [1.807, 2.05) is 16.8 Å². The quantitative estimate of drug-likeness (QED) is 0.806. The van der Waals surface area contributed by atoms with E-state index >= 15 is 0 Å². The van der Waals surface area contributed by atoms with Gasteiger partial charge >= 0.3 is 5.97 Å². The second kappa shape index (κ2) is 7.56. The van der Waals surface area contributed by atoms with Crippen LogP contribution in [-0.2, 0) is 16.1 Å². The molecule has 1 saturated carbocycles. The molecule has 2 atom stereocenters. The first-order valence-electron chi connectivity index (χ1n) is 7.26. The average Bonchev–Trinajstić information content (AvgIpc) is 3.09. The van der Waals surface area contributed by atoms with Crippen LogP contribution in [0.3, 0.4) is 0 Å². The molecule has 0 radical (unpaired) electrons. The summed E-state index contributed by atoms with van der Waals surface area (Å²) in [5.74, 6) is -0.778. The first kappa shape index (κ1) is 16.0. The van der Waals surface area contributed by atoms with Gasteiger partial charge < -0.3 is 15.3 Å². The van der Waals surface area contributed by atoms with E-state index in [2.05, 4.69) is 5.32 Å². The Balaban J connectivity index is 1.70. The van der Waals surface area contributed by atoms with E-state index in [0.29, 0.717) is 13.1 Å². The number of carbonyl (C=O) groups excluding carboxylic acids is 1. The maximum Gasteiger partial charge on any atom is 0.306 e. The van der Waals surface area contributed by atoms with Crippen LogP contribution in [0.15, 0.2) is 16.8 Å². The molecule has 1 amide bonds. The molecule has 1 fully saturated rings. The molecular formula is C15H22N2O3S. The fourth-order valence-corrected chi connectivity index (χ4v) is 3.51. The van der Waals surface area contributed by atoms with E-state index in [4.69, 9.17) is 5.11 Å². The predicted octanol–water partition coefficient (Wildman–Crippen LogP) is 1.80. The Kier molecular flexibility index (Phi) is 5.76. The van der Waals surface area contributed by atoms with Gasteiger partial charge in [-0.05, 0) is 47.7 Å². The van der Waals surface area contributed by atoms with Crippen molar-refractivity contribution in [1.82, 2.24) is 10.2 Å². The number of rotatable bonds is 7. The molecular weight excluding hydrogens is 288 g/mol. The molecule has 0 aromatic carbocycles. The van der Waals surface area contributed by atoms with Gasteiger partial charge in [0.25, 0.3) is 0 Å². The van der Waals surface area contributed by atoms with Gasteiger partial charge in [0.05, 0.1) is 12.5 Å². The van der Waals surface area contributed by atoms with Crippen LogP contribution in [0.25, 0.3) is 0 Å². The molecule has 1 aromatic rings. The van der Waals surface area contributed by atoms with E-state index in [1.165, 1.54) is 0 Å². The van der Waals surface area contributed by atoms with Gasteiger partial charge in [-0.25, -0.2) is 0 Å². The summed E-state index contributed by atoms with van der Waals surface area (Å²) in [4.78, 5) is 24.8. The van der Waals surface area contributed by atoms with Gasteiger partial charge in [-0.2, -0.15) is 11.3 Å². The Morgan fingerprint density at radius 2 is 2.29 bits per heavy atom. The molecule has 2 rings (SSSR count). The van der Waals surface area contributed by atoms with Crippen LogP contribution in [0.5, 0.6) is 0 Å². The molecule has 2 N–H and O–H groups in total. The Hall–Kier alpha value is -1.40. The fraction of sp³-hybridized carbons (Fsp3) is 0.600.